The molecule has 0 radical (unpaired) electrons. The number of rotatable bonds is 9. The normalized spacial score (nSPS) is 13.2. The first-order valence-corrected chi connectivity index (χ1v) is 7.31. The molecule has 1 atom stereocenters. The molecule has 0 fully saturated rings. The Hall–Kier alpha value is -0.830. The zero-order chi connectivity index (χ0) is 13.4. The lowest BCUT2D eigenvalue weighted by Gasteiger charge is -2.18. The maximum Gasteiger partial charge on any atom is 0.0492 e. The molecule has 0 aliphatic rings. The van der Waals surface area contributed by atoms with E-state index in [2.05, 4.69) is 37.3 Å². The fourth-order valence-corrected chi connectivity index (χ4v) is 2.33. The van der Waals surface area contributed by atoms with Gasteiger partial charge in [0.1, 0.15) is 0 Å². The molecule has 18 heavy (non-hydrogen) atoms. The van der Waals surface area contributed by atoms with Gasteiger partial charge < -0.3 is 5.32 Å². The van der Waals surface area contributed by atoms with Gasteiger partial charge in [0.25, 0.3) is 0 Å². The van der Waals surface area contributed by atoms with Crippen LogP contribution in [-0.4, -0.2) is 22.9 Å². The summed E-state index contributed by atoms with van der Waals surface area (Å²) in [7, 11) is 2.03. The molecule has 0 saturated carbocycles. The largest absolute Gasteiger partial charge is 0.316 e. The van der Waals surface area contributed by atoms with Crippen LogP contribution in [-0.2, 0) is 13.5 Å². The molecule has 104 valence electrons. The first-order valence-electron chi connectivity index (χ1n) is 7.31. The van der Waals surface area contributed by atoms with Crippen molar-refractivity contribution < 1.29 is 0 Å². The van der Waals surface area contributed by atoms with Gasteiger partial charge in [0, 0.05) is 18.9 Å². The molecule has 0 bridgehead atoms. The molecule has 0 aromatic carbocycles. The van der Waals surface area contributed by atoms with Crippen molar-refractivity contribution in [3.63, 3.8) is 0 Å². The van der Waals surface area contributed by atoms with Crippen LogP contribution in [0.5, 0.6) is 0 Å². The van der Waals surface area contributed by atoms with Gasteiger partial charge in [-0.3, -0.25) is 4.68 Å². The van der Waals surface area contributed by atoms with E-state index in [1.165, 1.54) is 25.0 Å². The molecular weight excluding hydrogens is 222 g/mol. The summed E-state index contributed by atoms with van der Waals surface area (Å²) in [5.41, 5.74) is 1.35. The zero-order valence-electron chi connectivity index (χ0n) is 12.4. The third kappa shape index (κ3) is 5.67. The zero-order valence-corrected chi connectivity index (χ0v) is 12.4. The van der Waals surface area contributed by atoms with Crippen LogP contribution in [0, 0.1) is 11.8 Å². The number of hydrogen-bond acceptors (Lipinski definition) is 2. The summed E-state index contributed by atoms with van der Waals surface area (Å²) in [6.45, 7) is 9.09. The average Bonchev–Trinajstić information content (AvgIpc) is 2.71. The van der Waals surface area contributed by atoms with Gasteiger partial charge in [-0.15, -0.1) is 0 Å². The Morgan fingerprint density at radius 3 is 2.61 bits per heavy atom. The van der Waals surface area contributed by atoms with Crippen molar-refractivity contribution in [2.45, 2.75) is 46.5 Å². The molecule has 1 unspecified atom stereocenters. The van der Waals surface area contributed by atoms with Crippen molar-refractivity contribution >= 4 is 0 Å². The summed E-state index contributed by atoms with van der Waals surface area (Å²) in [4.78, 5) is 0. The number of aromatic nitrogens is 2. The summed E-state index contributed by atoms with van der Waals surface area (Å²) in [5.74, 6) is 1.54. The van der Waals surface area contributed by atoms with E-state index in [1.807, 2.05) is 17.9 Å². The molecule has 1 aromatic heterocycles. The van der Waals surface area contributed by atoms with Gasteiger partial charge >= 0.3 is 0 Å². The summed E-state index contributed by atoms with van der Waals surface area (Å²) in [6, 6.07) is 2.13. The second-order valence-corrected chi connectivity index (χ2v) is 5.69. The van der Waals surface area contributed by atoms with Crippen LogP contribution in [0.15, 0.2) is 12.3 Å². The summed E-state index contributed by atoms with van der Waals surface area (Å²) in [5, 5.41) is 7.82. The molecule has 3 nitrogen and oxygen atoms in total. The Morgan fingerprint density at radius 2 is 2.06 bits per heavy atom. The monoisotopic (exact) mass is 251 g/mol. The lowest BCUT2D eigenvalue weighted by molar-refractivity contribution is 0.397. The Morgan fingerprint density at radius 1 is 1.28 bits per heavy atom. The highest BCUT2D eigenvalue weighted by atomic mass is 15.2. The summed E-state index contributed by atoms with van der Waals surface area (Å²) < 4.78 is 1.99. The van der Waals surface area contributed by atoms with E-state index in [-0.39, 0.29) is 0 Å². The summed E-state index contributed by atoms with van der Waals surface area (Å²) >= 11 is 0. The third-order valence-electron chi connectivity index (χ3n) is 3.41. The van der Waals surface area contributed by atoms with Crippen LogP contribution in [0.1, 0.15) is 45.7 Å². The highest BCUT2D eigenvalue weighted by Gasteiger charge is 2.09. The summed E-state index contributed by atoms with van der Waals surface area (Å²) in [6.07, 6.45) is 6.90. The molecule has 3 heteroatoms. The Balaban J connectivity index is 2.31. The van der Waals surface area contributed by atoms with Crippen molar-refractivity contribution in [1.29, 1.82) is 0 Å². The third-order valence-corrected chi connectivity index (χ3v) is 3.41. The van der Waals surface area contributed by atoms with Crippen molar-refractivity contribution in [2.24, 2.45) is 18.9 Å². The molecule has 1 rings (SSSR count). The maximum absolute atomic E-state index is 4.23. The van der Waals surface area contributed by atoms with Gasteiger partial charge in [-0.25, -0.2) is 0 Å². The predicted molar refractivity (Wildman–Crippen MR) is 77.6 cm³/mol. The average molecular weight is 251 g/mol. The fraction of sp³-hybridized carbons (Fsp3) is 0.800. The molecule has 1 heterocycles. The molecule has 0 saturated heterocycles. The van der Waals surface area contributed by atoms with Crippen LogP contribution >= 0.6 is 0 Å². The first kappa shape index (κ1) is 15.2. The molecule has 0 aliphatic carbocycles. The second-order valence-electron chi connectivity index (χ2n) is 5.69. The lowest BCUT2D eigenvalue weighted by Crippen LogP contribution is -2.26. The highest BCUT2D eigenvalue weighted by Crippen LogP contribution is 2.14. The second kappa shape index (κ2) is 8.30. The van der Waals surface area contributed by atoms with Gasteiger partial charge in [-0.05, 0) is 50.3 Å². The van der Waals surface area contributed by atoms with E-state index in [4.69, 9.17) is 0 Å². The minimum absolute atomic E-state index is 0.740. The quantitative estimate of drug-likeness (QED) is 0.731. The van der Waals surface area contributed by atoms with E-state index >= 15 is 0 Å². The lowest BCUT2D eigenvalue weighted by atomic mass is 9.96. The van der Waals surface area contributed by atoms with E-state index in [9.17, 15) is 0 Å². The Labute approximate surface area is 112 Å². The number of nitrogens with one attached hydrogen (secondary N) is 1. The van der Waals surface area contributed by atoms with Gasteiger partial charge in [0.05, 0.1) is 0 Å². The Bertz CT molecular complexity index is 317. The first-order chi connectivity index (χ1) is 8.63. The Kier molecular flexibility index (Phi) is 7.02. The van der Waals surface area contributed by atoms with Crippen molar-refractivity contribution in [1.82, 2.24) is 15.1 Å². The van der Waals surface area contributed by atoms with E-state index < -0.39 is 0 Å². The van der Waals surface area contributed by atoms with Gasteiger partial charge in [0.2, 0.25) is 0 Å². The van der Waals surface area contributed by atoms with Gasteiger partial charge in [0.15, 0.2) is 0 Å². The molecule has 0 amide bonds. The standard InChI is InChI=1S/C15H29N3/c1-5-6-14(12-16-11-13(2)3)7-8-15-9-10-17-18(15)4/h9-10,13-14,16H,5-8,11-12H2,1-4H3. The van der Waals surface area contributed by atoms with Crippen LogP contribution in [0.2, 0.25) is 0 Å². The highest BCUT2D eigenvalue weighted by molar-refractivity contribution is 5.00. The van der Waals surface area contributed by atoms with E-state index in [0.717, 1.165) is 31.3 Å². The van der Waals surface area contributed by atoms with E-state index in [0.29, 0.717) is 0 Å². The fourth-order valence-electron chi connectivity index (χ4n) is 2.33. The van der Waals surface area contributed by atoms with Gasteiger partial charge in [-0.2, -0.15) is 5.10 Å². The molecule has 0 spiro atoms. The maximum atomic E-state index is 4.23. The molecular formula is C15H29N3. The van der Waals surface area contributed by atoms with Crippen LogP contribution in [0.3, 0.4) is 0 Å². The van der Waals surface area contributed by atoms with Crippen molar-refractivity contribution in [3.05, 3.63) is 18.0 Å². The van der Waals surface area contributed by atoms with E-state index in [1.54, 1.807) is 0 Å². The number of hydrogen-bond donors (Lipinski definition) is 1. The molecule has 0 aliphatic heterocycles. The smallest absolute Gasteiger partial charge is 0.0492 e. The number of aryl methyl sites for hydroxylation is 2. The van der Waals surface area contributed by atoms with Crippen LogP contribution in [0.4, 0.5) is 0 Å². The van der Waals surface area contributed by atoms with Gasteiger partial charge in [-0.1, -0.05) is 27.2 Å². The van der Waals surface area contributed by atoms with Crippen LogP contribution < -0.4 is 5.32 Å². The topological polar surface area (TPSA) is 29.9 Å². The molecule has 1 N–H and O–H groups in total. The molecule has 1 aromatic rings. The predicted octanol–water partition coefficient (Wildman–Crippen LogP) is 3.01. The van der Waals surface area contributed by atoms with Crippen molar-refractivity contribution in [2.75, 3.05) is 13.1 Å². The SMILES string of the molecule is CCCC(CCc1ccnn1C)CNCC(C)C. The van der Waals surface area contributed by atoms with Crippen LogP contribution in [0.25, 0.3) is 0 Å². The number of nitrogens with zero attached hydrogens (tertiary/aromatic N) is 2. The van der Waals surface area contributed by atoms with Crippen molar-refractivity contribution in [3.8, 4) is 0 Å². The minimum Gasteiger partial charge on any atom is -0.316 e. The minimum atomic E-state index is 0.740.